The molecule has 20 heavy (non-hydrogen) atoms. The summed E-state index contributed by atoms with van der Waals surface area (Å²) in [5, 5.41) is 1.12. The third kappa shape index (κ3) is 2.50. The molecule has 3 aromatic rings. The van der Waals surface area contributed by atoms with Gasteiger partial charge < -0.3 is 0 Å². The normalized spacial score (nSPS) is 12.8. The summed E-state index contributed by atoms with van der Waals surface area (Å²) in [7, 11) is 0. The van der Waals surface area contributed by atoms with Crippen LogP contribution in [0.4, 0.5) is 0 Å². The third-order valence-electron chi connectivity index (χ3n) is 3.27. The van der Waals surface area contributed by atoms with Gasteiger partial charge in [0.15, 0.2) is 0 Å². The summed E-state index contributed by atoms with van der Waals surface area (Å²) in [6.07, 6.45) is 1.88. The summed E-state index contributed by atoms with van der Waals surface area (Å²) in [5.74, 6) is 5.75. The van der Waals surface area contributed by atoms with Crippen molar-refractivity contribution in [3.8, 4) is 0 Å². The Hall–Kier alpha value is -1.27. The van der Waals surface area contributed by atoms with E-state index in [1.54, 1.807) is 11.3 Å². The van der Waals surface area contributed by atoms with E-state index < -0.39 is 0 Å². The van der Waals surface area contributed by atoms with E-state index in [4.69, 9.17) is 5.84 Å². The minimum absolute atomic E-state index is 0.0397. The molecular weight excluding hydrogens is 334 g/mol. The number of nitrogens with two attached hydrogens (primary N) is 1. The molecule has 2 heterocycles. The number of benzene rings is 1. The van der Waals surface area contributed by atoms with Crippen molar-refractivity contribution in [2.45, 2.75) is 13.0 Å². The summed E-state index contributed by atoms with van der Waals surface area (Å²) in [5.41, 5.74) is 6.18. The molecule has 2 aromatic heterocycles. The first-order chi connectivity index (χ1) is 9.69. The predicted molar refractivity (Wildman–Crippen MR) is 87.7 cm³/mol. The summed E-state index contributed by atoms with van der Waals surface area (Å²) in [6.45, 7) is 2.08. The molecule has 1 unspecified atom stereocenters. The maximum atomic E-state index is 5.75. The number of hydrazine groups is 1. The van der Waals surface area contributed by atoms with E-state index in [0.29, 0.717) is 0 Å². The van der Waals surface area contributed by atoms with Crippen LogP contribution in [0.25, 0.3) is 10.9 Å². The van der Waals surface area contributed by atoms with Gasteiger partial charge in [-0.1, -0.05) is 18.2 Å². The van der Waals surface area contributed by atoms with Crippen molar-refractivity contribution in [3.05, 3.63) is 62.4 Å². The van der Waals surface area contributed by atoms with Crippen molar-refractivity contribution >= 4 is 38.2 Å². The van der Waals surface area contributed by atoms with Crippen LogP contribution in [0.15, 0.2) is 46.4 Å². The molecule has 0 aliphatic carbocycles. The van der Waals surface area contributed by atoms with Gasteiger partial charge in [-0.05, 0) is 52.2 Å². The zero-order valence-corrected chi connectivity index (χ0v) is 13.3. The molecule has 3 nitrogen and oxygen atoms in total. The molecule has 1 atom stereocenters. The second-order valence-corrected chi connectivity index (χ2v) is 7.07. The number of thiophene rings is 1. The number of rotatable bonds is 3. The van der Waals surface area contributed by atoms with Crippen LogP contribution in [-0.4, -0.2) is 4.98 Å². The van der Waals surface area contributed by atoms with E-state index in [2.05, 4.69) is 51.5 Å². The van der Waals surface area contributed by atoms with Crippen molar-refractivity contribution in [1.29, 1.82) is 0 Å². The van der Waals surface area contributed by atoms with E-state index in [-0.39, 0.29) is 6.04 Å². The average Bonchev–Trinajstić information content (AvgIpc) is 2.79. The molecule has 1 aromatic carbocycles. The fourth-order valence-electron chi connectivity index (χ4n) is 2.21. The van der Waals surface area contributed by atoms with Gasteiger partial charge in [0.1, 0.15) is 0 Å². The Morgan fingerprint density at radius 3 is 2.80 bits per heavy atom. The van der Waals surface area contributed by atoms with Gasteiger partial charge in [0, 0.05) is 16.5 Å². The third-order valence-corrected chi connectivity index (χ3v) is 5.47. The number of nitrogens with one attached hydrogen (secondary N) is 1. The van der Waals surface area contributed by atoms with Gasteiger partial charge in [-0.25, -0.2) is 5.43 Å². The van der Waals surface area contributed by atoms with E-state index in [1.165, 1.54) is 10.4 Å². The number of pyridine rings is 1. The highest BCUT2D eigenvalue weighted by molar-refractivity contribution is 9.11. The summed E-state index contributed by atoms with van der Waals surface area (Å²) < 4.78 is 1.14. The van der Waals surface area contributed by atoms with Crippen molar-refractivity contribution in [2.75, 3.05) is 0 Å². The Labute approximate surface area is 129 Å². The minimum atomic E-state index is -0.0397. The van der Waals surface area contributed by atoms with E-state index >= 15 is 0 Å². The summed E-state index contributed by atoms with van der Waals surface area (Å²) in [6, 6.07) is 12.3. The van der Waals surface area contributed by atoms with Crippen LogP contribution in [0.3, 0.4) is 0 Å². The van der Waals surface area contributed by atoms with Crippen molar-refractivity contribution in [1.82, 2.24) is 10.4 Å². The zero-order valence-electron chi connectivity index (χ0n) is 10.9. The number of hydrogen-bond donors (Lipinski definition) is 2. The largest absolute Gasteiger partial charge is 0.271 e. The predicted octanol–water partition coefficient (Wildman–Crippen LogP) is 3.92. The quantitative estimate of drug-likeness (QED) is 0.557. The van der Waals surface area contributed by atoms with Crippen LogP contribution in [0.5, 0.6) is 0 Å². The topological polar surface area (TPSA) is 50.9 Å². The van der Waals surface area contributed by atoms with Gasteiger partial charge in [0.25, 0.3) is 0 Å². The molecule has 0 fully saturated rings. The molecule has 3 rings (SSSR count). The number of fused-ring (bicyclic) bond motifs is 1. The molecule has 0 saturated heterocycles. The number of para-hydroxylation sites is 1. The molecule has 5 heteroatoms. The van der Waals surface area contributed by atoms with E-state index in [1.807, 2.05) is 24.4 Å². The van der Waals surface area contributed by atoms with Gasteiger partial charge in [0.2, 0.25) is 0 Å². The maximum absolute atomic E-state index is 5.75. The molecular formula is C15H14BrN3S. The molecule has 3 N–H and O–H groups in total. The first-order valence-electron chi connectivity index (χ1n) is 6.25. The Kier molecular flexibility index (Phi) is 3.85. The Bertz CT molecular complexity index is 734. The average molecular weight is 348 g/mol. The maximum Gasteiger partial charge on any atom is 0.0818 e. The van der Waals surface area contributed by atoms with Crippen LogP contribution in [-0.2, 0) is 0 Å². The van der Waals surface area contributed by atoms with Crippen LogP contribution in [0.1, 0.15) is 22.0 Å². The van der Waals surface area contributed by atoms with Crippen LogP contribution in [0, 0.1) is 6.92 Å². The zero-order chi connectivity index (χ0) is 14.1. The number of aryl methyl sites for hydroxylation is 1. The molecule has 0 aliphatic rings. The fraction of sp³-hybridized carbons (Fsp3) is 0.133. The standard InChI is InChI=1S/C15H14BrN3S/c1-9-6-13(20-15(9)16)14(19-17)11-7-10-4-2-3-5-12(10)18-8-11/h2-8,14,19H,17H2,1H3. The smallest absolute Gasteiger partial charge is 0.0818 e. The second-order valence-electron chi connectivity index (χ2n) is 4.67. The molecule has 0 spiro atoms. The Balaban J connectivity index is 2.06. The number of aromatic nitrogens is 1. The second kappa shape index (κ2) is 5.61. The molecule has 102 valence electrons. The van der Waals surface area contributed by atoms with Crippen molar-refractivity contribution in [3.63, 3.8) is 0 Å². The highest BCUT2D eigenvalue weighted by Crippen LogP contribution is 2.34. The Morgan fingerprint density at radius 1 is 1.30 bits per heavy atom. The molecule has 0 saturated carbocycles. The molecule has 0 aliphatic heterocycles. The van der Waals surface area contributed by atoms with E-state index in [0.717, 1.165) is 20.3 Å². The van der Waals surface area contributed by atoms with Crippen molar-refractivity contribution < 1.29 is 0 Å². The first-order valence-corrected chi connectivity index (χ1v) is 7.86. The van der Waals surface area contributed by atoms with Crippen LogP contribution >= 0.6 is 27.3 Å². The molecule has 0 bridgehead atoms. The van der Waals surface area contributed by atoms with Gasteiger partial charge in [-0.15, -0.1) is 11.3 Å². The van der Waals surface area contributed by atoms with Gasteiger partial charge in [-0.2, -0.15) is 0 Å². The van der Waals surface area contributed by atoms with Crippen molar-refractivity contribution in [2.24, 2.45) is 5.84 Å². The summed E-state index contributed by atoms with van der Waals surface area (Å²) in [4.78, 5) is 5.68. The monoisotopic (exact) mass is 347 g/mol. The van der Waals surface area contributed by atoms with Gasteiger partial charge >= 0.3 is 0 Å². The Morgan fingerprint density at radius 2 is 2.10 bits per heavy atom. The lowest BCUT2D eigenvalue weighted by atomic mass is 10.1. The number of hydrogen-bond acceptors (Lipinski definition) is 4. The van der Waals surface area contributed by atoms with E-state index in [9.17, 15) is 0 Å². The summed E-state index contributed by atoms with van der Waals surface area (Å²) >= 11 is 5.25. The SMILES string of the molecule is Cc1cc(C(NN)c2cnc3ccccc3c2)sc1Br. The first kappa shape index (κ1) is 13.7. The highest BCUT2D eigenvalue weighted by Gasteiger charge is 2.16. The molecule has 0 amide bonds. The van der Waals surface area contributed by atoms with Crippen LogP contribution < -0.4 is 11.3 Å². The lowest BCUT2D eigenvalue weighted by Gasteiger charge is -2.14. The number of halogens is 1. The van der Waals surface area contributed by atoms with Gasteiger partial charge in [0.05, 0.1) is 15.3 Å². The van der Waals surface area contributed by atoms with Crippen LogP contribution in [0.2, 0.25) is 0 Å². The molecule has 0 radical (unpaired) electrons. The minimum Gasteiger partial charge on any atom is -0.271 e. The lowest BCUT2D eigenvalue weighted by Crippen LogP contribution is -2.28. The lowest BCUT2D eigenvalue weighted by molar-refractivity contribution is 0.645. The number of nitrogens with zero attached hydrogens (tertiary/aromatic N) is 1. The van der Waals surface area contributed by atoms with Gasteiger partial charge in [-0.3, -0.25) is 10.8 Å². The fourth-order valence-corrected chi connectivity index (χ4v) is 3.87. The highest BCUT2D eigenvalue weighted by atomic mass is 79.9.